The molecule has 2 fully saturated rings. The van der Waals surface area contributed by atoms with E-state index in [1.165, 1.54) is 0 Å². The summed E-state index contributed by atoms with van der Waals surface area (Å²) < 4.78 is 4.90. The van der Waals surface area contributed by atoms with E-state index in [-0.39, 0.29) is 15.7 Å². The van der Waals surface area contributed by atoms with Gasteiger partial charge in [0, 0.05) is 0 Å². The summed E-state index contributed by atoms with van der Waals surface area (Å²) in [5, 5.41) is 5.64. The number of hydrogen-bond acceptors (Lipinski definition) is 5. The van der Waals surface area contributed by atoms with Crippen LogP contribution in [0.2, 0.25) is 10.0 Å². The minimum atomic E-state index is -0.926. The standard InChI is InChI=1S/C19H21Cl2N3O5/c1-11-5-7-19(8-6-11)17(27)24(18(28)23-19)9-15(26)29-10-14(25)22-13-4-2-3-12(20)16(13)21/h2-4,11H,5-10H2,1H3,(H,22,25)(H,23,28). The minimum Gasteiger partial charge on any atom is -0.454 e. The van der Waals surface area contributed by atoms with Crippen molar-refractivity contribution < 1.29 is 23.9 Å². The van der Waals surface area contributed by atoms with Crippen molar-refractivity contribution in [2.75, 3.05) is 18.5 Å². The van der Waals surface area contributed by atoms with Crippen molar-refractivity contribution in [2.45, 2.75) is 38.1 Å². The first-order valence-electron chi connectivity index (χ1n) is 9.25. The number of rotatable bonds is 5. The Hall–Kier alpha value is -2.32. The van der Waals surface area contributed by atoms with Gasteiger partial charge in [-0.15, -0.1) is 0 Å². The molecule has 0 bridgehead atoms. The molecule has 1 heterocycles. The predicted octanol–water partition coefficient (Wildman–Crippen LogP) is 2.98. The van der Waals surface area contributed by atoms with Crippen molar-refractivity contribution in [2.24, 2.45) is 5.92 Å². The highest BCUT2D eigenvalue weighted by Crippen LogP contribution is 2.36. The third-order valence-electron chi connectivity index (χ3n) is 5.25. The topological polar surface area (TPSA) is 105 Å². The smallest absolute Gasteiger partial charge is 0.326 e. The lowest BCUT2D eigenvalue weighted by Gasteiger charge is -2.33. The van der Waals surface area contributed by atoms with Gasteiger partial charge in [-0.2, -0.15) is 0 Å². The van der Waals surface area contributed by atoms with Gasteiger partial charge in [-0.05, 0) is 43.7 Å². The fourth-order valence-corrected chi connectivity index (χ4v) is 3.87. The van der Waals surface area contributed by atoms with Gasteiger partial charge >= 0.3 is 12.0 Å². The van der Waals surface area contributed by atoms with Crippen LogP contribution in [0.3, 0.4) is 0 Å². The lowest BCUT2D eigenvalue weighted by Crippen LogP contribution is -2.49. The average Bonchev–Trinajstić information content (AvgIpc) is 2.90. The van der Waals surface area contributed by atoms with Gasteiger partial charge in [-0.3, -0.25) is 19.3 Å². The molecule has 0 radical (unpaired) electrons. The molecule has 4 amide bonds. The zero-order chi connectivity index (χ0) is 21.2. The molecule has 1 aromatic carbocycles. The van der Waals surface area contributed by atoms with E-state index in [9.17, 15) is 19.2 Å². The molecule has 1 saturated carbocycles. The van der Waals surface area contributed by atoms with Crippen LogP contribution < -0.4 is 10.6 Å². The minimum absolute atomic E-state index is 0.167. The Bertz CT molecular complexity index is 852. The van der Waals surface area contributed by atoms with E-state index >= 15 is 0 Å². The number of ether oxygens (including phenoxy) is 1. The quantitative estimate of drug-likeness (QED) is 0.539. The summed E-state index contributed by atoms with van der Waals surface area (Å²) >= 11 is 11.9. The van der Waals surface area contributed by atoms with Gasteiger partial charge in [0.15, 0.2) is 6.61 Å². The van der Waals surface area contributed by atoms with Crippen LogP contribution in [0.4, 0.5) is 10.5 Å². The number of benzene rings is 1. The number of hydrogen-bond donors (Lipinski definition) is 2. The highest BCUT2D eigenvalue weighted by molar-refractivity contribution is 6.44. The number of carbonyl (C=O) groups excluding carboxylic acids is 4. The second-order valence-corrected chi connectivity index (χ2v) is 8.18. The number of carbonyl (C=O) groups is 4. The van der Waals surface area contributed by atoms with Crippen LogP contribution in [-0.4, -0.2) is 47.4 Å². The summed E-state index contributed by atoms with van der Waals surface area (Å²) in [4.78, 5) is 49.8. The highest BCUT2D eigenvalue weighted by Gasteiger charge is 2.52. The van der Waals surface area contributed by atoms with Gasteiger partial charge in [0.05, 0.1) is 15.7 Å². The fourth-order valence-electron chi connectivity index (χ4n) is 3.52. The first-order valence-corrected chi connectivity index (χ1v) is 10.0. The number of amides is 4. The molecule has 8 nitrogen and oxygen atoms in total. The molecule has 1 spiro atoms. The van der Waals surface area contributed by atoms with Gasteiger partial charge < -0.3 is 15.4 Å². The monoisotopic (exact) mass is 441 g/mol. The van der Waals surface area contributed by atoms with Crippen molar-refractivity contribution in [1.82, 2.24) is 10.2 Å². The van der Waals surface area contributed by atoms with E-state index in [0.717, 1.165) is 17.7 Å². The summed E-state index contributed by atoms with van der Waals surface area (Å²) in [5.41, 5.74) is -0.646. The second-order valence-electron chi connectivity index (χ2n) is 7.40. The fraction of sp³-hybridized carbons (Fsp3) is 0.474. The Morgan fingerprint density at radius 3 is 2.66 bits per heavy atom. The Balaban J connectivity index is 1.51. The maximum absolute atomic E-state index is 12.7. The van der Waals surface area contributed by atoms with Crippen LogP contribution in [0, 0.1) is 5.92 Å². The molecule has 1 aliphatic carbocycles. The number of halogens is 2. The maximum Gasteiger partial charge on any atom is 0.326 e. The molecular weight excluding hydrogens is 421 g/mol. The maximum atomic E-state index is 12.7. The van der Waals surface area contributed by atoms with E-state index in [4.69, 9.17) is 27.9 Å². The summed E-state index contributed by atoms with van der Waals surface area (Å²) in [6.07, 6.45) is 2.76. The molecule has 10 heteroatoms. The highest BCUT2D eigenvalue weighted by atomic mass is 35.5. The second kappa shape index (κ2) is 8.59. The Labute approximate surface area is 177 Å². The van der Waals surface area contributed by atoms with Gasteiger partial charge in [-0.1, -0.05) is 36.2 Å². The third-order valence-corrected chi connectivity index (χ3v) is 6.07. The number of esters is 1. The Morgan fingerprint density at radius 2 is 1.97 bits per heavy atom. The molecule has 1 aliphatic heterocycles. The van der Waals surface area contributed by atoms with Crippen LogP contribution in [-0.2, 0) is 19.1 Å². The van der Waals surface area contributed by atoms with Crippen molar-refractivity contribution in [3.63, 3.8) is 0 Å². The van der Waals surface area contributed by atoms with Crippen molar-refractivity contribution in [3.8, 4) is 0 Å². The molecule has 0 atom stereocenters. The third kappa shape index (κ3) is 4.64. The summed E-state index contributed by atoms with van der Waals surface area (Å²) in [6.45, 7) is 0.964. The van der Waals surface area contributed by atoms with E-state index < -0.39 is 42.5 Å². The molecule has 0 aromatic heterocycles. The molecule has 2 N–H and O–H groups in total. The van der Waals surface area contributed by atoms with E-state index in [1.807, 2.05) is 0 Å². The number of imide groups is 1. The summed E-state index contributed by atoms with van der Waals surface area (Å²) in [7, 11) is 0. The number of urea groups is 1. The molecule has 3 rings (SSSR count). The number of nitrogens with zero attached hydrogens (tertiary/aromatic N) is 1. The van der Waals surface area contributed by atoms with E-state index in [2.05, 4.69) is 17.6 Å². The number of anilines is 1. The average molecular weight is 442 g/mol. The van der Waals surface area contributed by atoms with Crippen LogP contribution in [0.15, 0.2) is 18.2 Å². The number of nitrogens with one attached hydrogen (secondary N) is 2. The zero-order valence-electron chi connectivity index (χ0n) is 15.8. The Kier molecular flexibility index (Phi) is 6.33. The van der Waals surface area contributed by atoms with Crippen LogP contribution in [0.1, 0.15) is 32.6 Å². The normalized spacial score (nSPS) is 23.8. The van der Waals surface area contributed by atoms with Crippen molar-refractivity contribution in [1.29, 1.82) is 0 Å². The van der Waals surface area contributed by atoms with Crippen molar-refractivity contribution in [3.05, 3.63) is 28.2 Å². The van der Waals surface area contributed by atoms with Gasteiger partial charge in [0.25, 0.3) is 11.8 Å². The van der Waals surface area contributed by atoms with E-state index in [0.29, 0.717) is 18.8 Å². The van der Waals surface area contributed by atoms with E-state index in [1.54, 1.807) is 18.2 Å². The van der Waals surface area contributed by atoms with Crippen LogP contribution in [0.5, 0.6) is 0 Å². The largest absolute Gasteiger partial charge is 0.454 e. The zero-order valence-corrected chi connectivity index (χ0v) is 17.3. The first kappa shape index (κ1) is 21.4. The molecule has 29 heavy (non-hydrogen) atoms. The lowest BCUT2D eigenvalue weighted by molar-refractivity contribution is -0.150. The first-order chi connectivity index (χ1) is 13.7. The van der Waals surface area contributed by atoms with Gasteiger partial charge in [0.1, 0.15) is 12.1 Å². The Morgan fingerprint density at radius 1 is 1.28 bits per heavy atom. The summed E-state index contributed by atoms with van der Waals surface area (Å²) in [5.74, 6) is -1.41. The SMILES string of the molecule is CC1CCC2(CC1)NC(=O)N(CC(=O)OCC(=O)Nc1cccc(Cl)c1Cl)C2=O. The molecule has 156 valence electrons. The molecular formula is C19H21Cl2N3O5. The van der Waals surface area contributed by atoms with Crippen LogP contribution in [0.25, 0.3) is 0 Å². The molecule has 2 aliphatic rings. The summed E-state index contributed by atoms with van der Waals surface area (Å²) in [6, 6.07) is 4.11. The molecule has 1 saturated heterocycles. The van der Waals surface area contributed by atoms with Gasteiger partial charge in [-0.25, -0.2) is 4.79 Å². The van der Waals surface area contributed by atoms with Crippen molar-refractivity contribution >= 4 is 52.7 Å². The molecule has 0 unspecified atom stereocenters. The predicted molar refractivity (Wildman–Crippen MR) is 107 cm³/mol. The lowest BCUT2D eigenvalue weighted by atomic mass is 9.77. The van der Waals surface area contributed by atoms with Crippen LogP contribution >= 0.6 is 23.2 Å². The van der Waals surface area contributed by atoms with Gasteiger partial charge in [0.2, 0.25) is 0 Å². The molecule has 1 aromatic rings.